The highest BCUT2D eigenvalue weighted by Crippen LogP contribution is 2.48. The summed E-state index contributed by atoms with van der Waals surface area (Å²) in [4.78, 5) is 24.1. The summed E-state index contributed by atoms with van der Waals surface area (Å²) in [6.45, 7) is 1.15. The number of halogens is 3. The number of hydrogen-bond acceptors (Lipinski definition) is 6. The molecule has 5 rings (SSSR count). The predicted molar refractivity (Wildman–Crippen MR) is 111 cm³/mol. The minimum atomic E-state index is -4.42. The third kappa shape index (κ3) is 3.52. The molecule has 3 aromatic heterocycles. The molecule has 2 aliphatic heterocycles. The van der Waals surface area contributed by atoms with Gasteiger partial charge in [0.25, 0.3) is 5.91 Å². The maximum Gasteiger partial charge on any atom is 0.408 e. The highest BCUT2D eigenvalue weighted by molar-refractivity contribution is 6.12. The summed E-state index contributed by atoms with van der Waals surface area (Å²) in [5, 5.41) is 3.82. The van der Waals surface area contributed by atoms with Crippen molar-refractivity contribution in [1.29, 1.82) is 0 Å². The Morgan fingerprint density at radius 2 is 2.06 bits per heavy atom. The lowest BCUT2D eigenvalue weighted by Crippen LogP contribution is -2.45. The molecule has 11 heteroatoms. The Balaban J connectivity index is 1.62. The zero-order valence-corrected chi connectivity index (χ0v) is 17.9. The number of alkyl halides is 3. The van der Waals surface area contributed by atoms with Crippen molar-refractivity contribution in [2.24, 2.45) is 0 Å². The van der Waals surface area contributed by atoms with E-state index < -0.39 is 18.3 Å². The van der Waals surface area contributed by atoms with Gasteiger partial charge in [-0.15, -0.1) is 0 Å². The normalized spacial score (nSPS) is 20.0. The summed E-state index contributed by atoms with van der Waals surface area (Å²) in [6.07, 6.45) is 1.79. The number of methoxy groups -OCH3 is 1. The van der Waals surface area contributed by atoms with E-state index in [1.807, 2.05) is 6.92 Å². The number of pyridine rings is 2. The standard InChI is InChI=1S/C22H20F3N5O3/c1-13-5-17(14-6-16(32-2)9-26-7-14)28-19-18(13)20(31)30(21(19)3-4-33-12-21)15-8-27-29(10-15)11-22(23,24)25/h5-10H,3-4,11-12H2,1-2H3/t21-/m0/s1. The second kappa shape index (κ2) is 7.55. The summed E-state index contributed by atoms with van der Waals surface area (Å²) in [5.41, 5.74) is 2.38. The van der Waals surface area contributed by atoms with Crippen LogP contribution in [0.3, 0.4) is 0 Å². The van der Waals surface area contributed by atoms with Crippen molar-refractivity contribution < 1.29 is 27.4 Å². The van der Waals surface area contributed by atoms with Crippen LogP contribution in [0.4, 0.5) is 18.9 Å². The average Bonchev–Trinajstić information content (AvgIpc) is 3.47. The minimum absolute atomic E-state index is 0.183. The molecule has 0 aliphatic carbocycles. The first-order chi connectivity index (χ1) is 15.7. The maximum absolute atomic E-state index is 13.6. The van der Waals surface area contributed by atoms with Gasteiger partial charge in [0.2, 0.25) is 0 Å². The third-order valence-electron chi connectivity index (χ3n) is 5.97. The highest BCUT2D eigenvalue weighted by Gasteiger charge is 2.55. The van der Waals surface area contributed by atoms with E-state index in [0.29, 0.717) is 41.3 Å². The van der Waals surface area contributed by atoms with E-state index in [1.165, 1.54) is 17.3 Å². The number of carbonyl (C=O) groups excluding carboxylic acids is 1. The molecular weight excluding hydrogens is 439 g/mol. The first-order valence-electron chi connectivity index (χ1n) is 10.2. The van der Waals surface area contributed by atoms with Crippen LogP contribution >= 0.6 is 0 Å². The Bertz CT molecular complexity index is 1230. The quantitative estimate of drug-likeness (QED) is 0.594. The van der Waals surface area contributed by atoms with Crippen LogP contribution < -0.4 is 9.64 Å². The molecule has 1 atom stereocenters. The molecule has 1 fully saturated rings. The molecular formula is C22H20F3N5O3. The molecule has 0 aromatic carbocycles. The second-order valence-electron chi connectivity index (χ2n) is 8.15. The molecule has 1 spiro atoms. The number of anilines is 1. The molecule has 0 unspecified atom stereocenters. The number of aromatic nitrogens is 4. The van der Waals surface area contributed by atoms with E-state index in [1.54, 1.807) is 31.6 Å². The van der Waals surface area contributed by atoms with Crippen molar-refractivity contribution in [3.8, 4) is 17.0 Å². The highest BCUT2D eigenvalue weighted by atomic mass is 19.4. The molecule has 1 amide bonds. The van der Waals surface area contributed by atoms with Crippen LogP contribution in [0.2, 0.25) is 0 Å². The summed E-state index contributed by atoms with van der Waals surface area (Å²) < 4.78 is 50.2. The largest absolute Gasteiger partial charge is 0.495 e. The molecule has 5 heterocycles. The Hall–Kier alpha value is -3.47. The Morgan fingerprint density at radius 1 is 1.24 bits per heavy atom. The van der Waals surface area contributed by atoms with Gasteiger partial charge in [0, 0.05) is 31.0 Å². The van der Waals surface area contributed by atoms with Crippen LogP contribution in [-0.4, -0.2) is 52.2 Å². The van der Waals surface area contributed by atoms with Crippen molar-refractivity contribution in [2.45, 2.75) is 31.6 Å². The fourth-order valence-electron chi connectivity index (χ4n) is 4.53. The van der Waals surface area contributed by atoms with E-state index >= 15 is 0 Å². The summed E-state index contributed by atoms with van der Waals surface area (Å²) in [5.74, 6) is 0.239. The average molecular weight is 459 g/mol. The first-order valence-corrected chi connectivity index (χ1v) is 10.2. The fourth-order valence-corrected chi connectivity index (χ4v) is 4.53. The first kappa shape index (κ1) is 21.4. The monoisotopic (exact) mass is 459 g/mol. The number of fused-ring (bicyclic) bond motifs is 2. The van der Waals surface area contributed by atoms with Crippen LogP contribution in [0.5, 0.6) is 5.75 Å². The predicted octanol–water partition coefficient (Wildman–Crippen LogP) is 3.50. The van der Waals surface area contributed by atoms with Gasteiger partial charge in [-0.3, -0.25) is 19.4 Å². The molecule has 0 N–H and O–H groups in total. The van der Waals surface area contributed by atoms with Crippen molar-refractivity contribution in [1.82, 2.24) is 19.7 Å². The molecule has 33 heavy (non-hydrogen) atoms. The fraction of sp³-hybridized carbons (Fsp3) is 0.364. The molecule has 8 nitrogen and oxygen atoms in total. The van der Waals surface area contributed by atoms with E-state index in [0.717, 1.165) is 10.2 Å². The van der Waals surface area contributed by atoms with E-state index in [2.05, 4.69) is 10.1 Å². The van der Waals surface area contributed by atoms with E-state index in [9.17, 15) is 18.0 Å². The minimum Gasteiger partial charge on any atom is -0.495 e. The Morgan fingerprint density at radius 3 is 2.76 bits per heavy atom. The van der Waals surface area contributed by atoms with Gasteiger partial charge in [-0.2, -0.15) is 18.3 Å². The number of nitrogens with zero attached hydrogens (tertiary/aromatic N) is 5. The van der Waals surface area contributed by atoms with E-state index in [-0.39, 0.29) is 18.2 Å². The van der Waals surface area contributed by atoms with E-state index in [4.69, 9.17) is 14.5 Å². The van der Waals surface area contributed by atoms with Gasteiger partial charge in [-0.05, 0) is 24.6 Å². The molecule has 172 valence electrons. The lowest BCUT2D eigenvalue weighted by atomic mass is 9.91. The molecule has 0 bridgehead atoms. The van der Waals surface area contributed by atoms with Crippen molar-refractivity contribution in [3.63, 3.8) is 0 Å². The molecule has 1 saturated heterocycles. The van der Waals surface area contributed by atoms with Gasteiger partial charge in [0.1, 0.15) is 17.8 Å². The van der Waals surface area contributed by atoms with Crippen molar-refractivity contribution in [2.75, 3.05) is 25.2 Å². The Kier molecular flexibility index (Phi) is 4.89. The van der Waals surface area contributed by atoms with Crippen LogP contribution in [0.15, 0.2) is 36.9 Å². The SMILES string of the molecule is COc1cncc(-c2cc(C)c3c(n2)[C@@]2(CCOC2)N(c2cnn(CC(F)(F)F)c2)C3=O)c1. The smallest absolute Gasteiger partial charge is 0.408 e. The van der Waals surface area contributed by atoms with Gasteiger partial charge in [-0.25, -0.2) is 4.98 Å². The maximum atomic E-state index is 13.6. The Labute approximate surface area is 187 Å². The number of aryl methyl sites for hydroxylation is 1. The van der Waals surface area contributed by atoms with Crippen LogP contribution in [0, 0.1) is 6.92 Å². The summed E-state index contributed by atoms with van der Waals surface area (Å²) >= 11 is 0. The summed E-state index contributed by atoms with van der Waals surface area (Å²) in [6, 6.07) is 3.60. The molecule has 2 aliphatic rings. The number of amides is 1. The van der Waals surface area contributed by atoms with Crippen LogP contribution in [0.1, 0.15) is 28.0 Å². The van der Waals surface area contributed by atoms with Crippen LogP contribution in [0.25, 0.3) is 11.3 Å². The zero-order chi connectivity index (χ0) is 23.4. The number of hydrogen-bond donors (Lipinski definition) is 0. The van der Waals surface area contributed by atoms with Gasteiger partial charge in [-0.1, -0.05) is 0 Å². The topological polar surface area (TPSA) is 82.4 Å². The molecule has 0 saturated carbocycles. The van der Waals surface area contributed by atoms with Crippen LogP contribution in [-0.2, 0) is 16.8 Å². The van der Waals surface area contributed by atoms with Crippen molar-refractivity contribution >= 4 is 11.6 Å². The van der Waals surface area contributed by atoms with Gasteiger partial charge >= 0.3 is 6.18 Å². The summed E-state index contributed by atoms with van der Waals surface area (Å²) in [7, 11) is 1.54. The third-order valence-corrected chi connectivity index (χ3v) is 5.97. The molecule has 3 aromatic rings. The lowest BCUT2D eigenvalue weighted by molar-refractivity contribution is -0.142. The van der Waals surface area contributed by atoms with Gasteiger partial charge < -0.3 is 9.47 Å². The number of ether oxygens (including phenoxy) is 2. The molecule has 0 radical (unpaired) electrons. The second-order valence-corrected chi connectivity index (χ2v) is 8.15. The number of carbonyl (C=O) groups is 1. The van der Waals surface area contributed by atoms with Gasteiger partial charge in [0.05, 0.1) is 48.7 Å². The zero-order valence-electron chi connectivity index (χ0n) is 17.9. The number of rotatable bonds is 4. The van der Waals surface area contributed by atoms with Crippen molar-refractivity contribution in [3.05, 3.63) is 53.7 Å². The lowest BCUT2D eigenvalue weighted by Gasteiger charge is -2.32. The van der Waals surface area contributed by atoms with Gasteiger partial charge in [0.15, 0.2) is 0 Å².